The number of rotatable bonds is 4. The minimum Gasteiger partial charge on any atom is -0.505 e. The maximum atomic E-state index is 13.5. The first-order valence-corrected chi connectivity index (χ1v) is 6.74. The van der Waals surface area contributed by atoms with Gasteiger partial charge in [-0.2, -0.15) is 0 Å². The van der Waals surface area contributed by atoms with Crippen LogP contribution in [0.3, 0.4) is 0 Å². The fourth-order valence-corrected chi connectivity index (χ4v) is 2.20. The number of halogens is 1. The summed E-state index contributed by atoms with van der Waals surface area (Å²) >= 11 is 0. The van der Waals surface area contributed by atoms with Gasteiger partial charge in [-0.15, -0.1) is 0 Å². The van der Waals surface area contributed by atoms with Crippen molar-refractivity contribution in [3.8, 4) is 17.2 Å². The number of methoxy groups -OCH3 is 2. The van der Waals surface area contributed by atoms with E-state index >= 15 is 0 Å². The number of aromatic hydroxyl groups is 1. The summed E-state index contributed by atoms with van der Waals surface area (Å²) < 4.78 is 24.0. The van der Waals surface area contributed by atoms with Gasteiger partial charge in [-0.3, -0.25) is 0 Å². The lowest BCUT2D eigenvalue weighted by molar-refractivity contribution is 0.356. The molecule has 0 saturated carbocycles. The van der Waals surface area contributed by atoms with E-state index in [4.69, 9.17) is 9.47 Å². The number of ether oxygens (including phenoxy) is 2. The van der Waals surface area contributed by atoms with Gasteiger partial charge in [0.2, 0.25) is 0 Å². The fourth-order valence-electron chi connectivity index (χ4n) is 2.20. The minimum atomic E-state index is -0.715. The molecule has 118 valence electrons. The Morgan fingerprint density at radius 3 is 2.48 bits per heavy atom. The van der Waals surface area contributed by atoms with Crippen molar-refractivity contribution in [1.82, 2.24) is 9.97 Å². The van der Waals surface area contributed by atoms with E-state index in [1.807, 2.05) is 0 Å². The zero-order valence-corrected chi connectivity index (χ0v) is 12.5. The number of phenolic OH excluding ortho intramolecular Hbond substituents is 1. The van der Waals surface area contributed by atoms with Crippen LogP contribution >= 0.6 is 0 Å². The molecule has 0 aliphatic carbocycles. The maximum Gasteiger partial charge on any atom is 0.166 e. The largest absolute Gasteiger partial charge is 0.505 e. The molecule has 0 atom stereocenters. The first kappa shape index (κ1) is 14.8. The van der Waals surface area contributed by atoms with Crippen LogP contribution in [0.1, 0.15) is 0 Å². The molecule has 6 nitrogen and oxygen atoms in total. The predicted molar refractivity (Wildman–Crippen MR) is 84.0 cm³/mol. The van der Waals surface area contributed by atoms with Crippen LogP contribution < -0.4 is 14.8 Å². The van der Waals surface area contributed by atoms with Gasteiger partial charge in [0.15, 0.2) is 23.1 Å². The topological polar surface area (TPSA) is 76.5 Å². The quantitative estimate of drug-likeness (QED) is 0.720. The monoisotopic (exact) mass is 315 g/mol. The molecule has 1 aromatic heterocycles. The van der Waals surface area contributed by atoms with Gasteiger partial charge in [0.25, 0.3) is 0 Å². The van der Waals surface area contributed by atoms with E-state index < -0.39 is 11.6 Å². The summed E-state index contributed by atoms with van der Waals surface area (Å²) in [6.07, 6.45) is 1.40. The summed E-state index contributed by atoms with van der Waals surface area (Å²) in [6.45, 7) is 0. The molecule has 2 aromatic carbocycles. The Morgan fingerprint density at radius 2 is 1.78 bits per heavy atom. The molecule has 0 saturated heterocycles. The number of nitrogens with one attached hydrogen (secondary N) is 1. The molecular weight excluding hydrogens is 301 g/mol. The molecular formula is C16H14FN3O3. The number of phenols is 1. The van der Waals surface area contributed by atoms with E-state index in [-0.39, 0.29) is 0 Å². The Kier molecular flexibility index (Phi) is 3.84. The average Bonchev–Trinajstić information content (AvgIpc) is 2.57. The third kappa shape index (κ3) is 2.80. The molecule has 0 bridgehead atoms. The van der Waals surface area contributed by atoms with Crippen LogP contribution in [0, 0.1) is 5.82 Å². The molecule has 3 rings (SSSR count). The molecule has 0 spiro atoms. The van der Waals surface area contributed by atoms with Crippen LogP contribution in [0.4, 0.5) is 15.9 Å². The first-order valence-electron chi connectivity index (χ1n) is 6.74. The molecule has 1 heterocycles. The van der Waals surface area contributed by atoms with Crippen molar-refractivity contribution in [3.63, 3.8) is 0 Å². The van der Waals surface area contributed by atoms with Gasteiger partial charge in [0, 0.05) is 23.2 Å². The Labute approximate surface area is 131 Å². The number of anilines is 2. The SMILES string of the molecule is COc1cc2ncnc(Nc3ccc(O)c(F)c3)c2cc1OC. The average molecular weight is 315 g/mol. The summed E-state index contributed by atoms with van der Waals surface area (Å²) in [7, 11) is 3.08. The predicted octanol–water partition coefficient (Wildman–Crippen LogP) is 3.24. The maximum absolute atomic E-state index is 13.5. The smallest absolute Gasteiger partial charge is 0.166 e. The summed E-state index contributed by atoms with van der Waals surface area (Å²) in [6, 6.07) is 7.48. The highest BCUT2D eigenvalue weighted by molar-refractivity contribution is 5.93. The van der Waals surface area contributed by atoms with Gasteiger partial charge in [0.05, 0.1) is 19.7 Å². The van der Waals surface area contributed by atoms with Crippen molar-refractivity contribution in [2.45, 2.75) is 0 Å². The summed E-state index contributed by atoms with van der Waals surface area (Å²) in [5.41, 5.74) is 1.11. The molecule has 0 aliphatic rings. The molecule has 0 unspecified atom stereocenters. The van der Waals surface area contributed by atoms with Crippen LogP contribution in [-0.2, 0) is 0 Å². The Bertz CT molecular complexity index is 871. The Morgan fingerprint density at radius 1 is 1.04 bits per heavy atom. The standard InChI is InChI=1S/C16H14FN3O3/c1-22-14-6-10-12(7-15(14)23-2)18-8-19-16(10)20-9-3-4-13(21)11(17)5-9/h3-8,21H,1-2H3,(H,18,19,20). The highest BCUT2D eigenvalue weighted by Crippen LogP contribution is 2.34. The third-order valence-electron chi connectivity index (χ3n) is 3.35. The Balaban J connectivity index is 2.08. The molecule has 0 radical (unpaired) electrons. The lowest BCUT2D eigenvalue weighted by Gasteiger charge is -2.12. The third-order valence-corrected chi connectivity index (χ3v) is 3.35. The van der Waals surface area contributed by atoms with Gasteiger partial charge in [-0.05, 0) is 18.2 Å². The molecule has 3 aromatic rings. The van der Waals surface area contributed by atoms with E-state index in [2.05, 4.69) is 15.3 Å². The first-order chi connectivity index (χ1) is 11.1. The van der Waals surface area contributed by atoms with Crippen LogP contribution in [0.15, 0.2) is 36.7 Å². The van der Waals surface area contributed by atoms with Crippen molar-refractivity contribution in [1.29, 1.82) is 0 Å². The number of nitrogens with zero attached hydrogens (tertiary/aromatic N) is 2. The second-order valence-corrected chi connectivity index (χ2v) is 4.74. The number of benzene rings is 2. The fraction of sp³-hybridized carbons (Fsp3) is 0.125. The van der Waals surface area contributed by atoms with Crippen LogP contribution in [0.5, 0.6) is 17.2 Å². The second kappa shape index (κ2) is 5.96. The summed E-state index contributed by atoms with van der Waals surface area (Å²) in [5.74, 6) is 0.457. The van der Waals surface area contributed by atoms with Crippen LogP contribution in [-0.4, -0.2) is 29.3 Å². The molecule has 0 amide bonds. The molecule has 2 N–H and O–H groups in total. The van der Waals surface area contributed by atoms with Crippen molar-refractivity contribution >= 4 is 22.4 Å². The number of aromatic nitrogens is 2. The van der Waals surface area contributed by atoms with Crippen molar-refractivity contribution in [2.24, 2.45) is 0 Å². The van der Waals surface area contributed by atoms with Crippen LogP contribution in [0.2, 0.25) is 0 Å². The zero-order chi connectivity index (χ0) is 16.4. The van der Waals surface area contributed by atoms with Gasteiger partial charge >= 0.3 is 0 Å². The summed E-state index contributed by atoms with van der Waals surface area (Å²) in [5, 5.41) is 12.9. The minimum absolute atomic E-state index is 0.408. The lowest BCUT2D eigenvalue weighted by atomic mass is 10.2. The summed E-state index contributed by atoms with van der Waals surface area (Å²) in [4.78, 5) is 8.38. The van der Waals surface area contributed by atoms with E-state index in [0.29, 0.717) is 33.9 Å². The highest BCUT2D eigenvalue weighted by atomic mass is 19.1. The number of fused-ring (bicyclic) bond motifs is 1. The van der Waals surface area contributed by atoms with E-state index in [9.17, 15) is 9.50 Å². The highest BCUT2D eigenvalue weighted by Gasteiger charge is 2.11. The Hall–Kier alpha value is -3.09. The van der Waals surface area contributed by atoms with E-state index in [0.717, 1.165) is 0 Å². The number of hydrogen-bond donors (Lipinski definition) is 2. The van der Waals surface area contributed by atoms with E-state index in [1.165, 1.54) is 25.6 Å². The molecule has 0 aliphatic heterocycles. The molecule has 23 heavy (non-hydrogen) atoms. The van der Waals surface area contributed by atoms with E-state index in [1.54, 1.807) is 25.3 Å². The second-order valence-electron chi connectivity index (χ2n) is 4.74. The van der Waals surface area contributed by atoms with Crippen molar-refractivity contribution in [2.75, 3.05) is 19.5 Å². The van der Waals surface area contributed by atoms with Gasteiger partial charge in [-0.1, -0.05) is 0 Å². The normalized spacial score (nSPS) is 10.6. The van der Waals surface area contributed by atoms with Gasteiger partial charge in [0.1, 0.15) is 12.1 Å². The zero-order valence-electron chi connectivity index (χ0n) is 12.5. The lowest BCUT2D eigenvalue weighted by Crippen LogP contribution is -1.98. The van der Waals surface area contributed by atoms with Crippen LogP contribution in [0.25, 0.3) is 10.9 Å². The van der Waals surface area contributed by atoms with Crippen molar-refractivity contribution in [3.05, 3.63) is 42.5 Å². The molecule has 0 fully saturated rings. The van der Waals surface area contributed by atoms with Gasteiger partial charge in [-0.25, -0.2) is 14.4 Å². The van der Waals surface area contributed by atoms with Gasteiger partial charge < -0.3 is 19.9 Å². The van der Waals surface area contributed by atoms with Crippen molar-refractivity contribution < 1.29 is 19.0 Å². The number of hydrogen-bond acceptors (Lipinski definition) is 6. The molecule has 7 heteroatoms.